The molecule has 1 aromatic carbocycles. The molecule has 1 aliphatic heterocycles. The van der Waals surface area contributed by atoms with Gasteiger partial charge in [0, 0.05) is 25.1 Å². The van der Waals surface area contributed by atoms with Crippen LogP contribution in [0.1, 0.15) is 40.5 Å². The summed E-state index contributed by atoms with van der Waals surface area (Å²) in [4.78, 5) is 47.2. The van der Waals surface area contributed by atoms with Crippen molar-refractivity contribution in [3.63, 3.8) is 0 Å². The summed E-state index contributed by atoms with van der Waals surface area (Å²) < 4.78 is 38.2. The third kappa shape index (κ3) is 4.21. The lowest BCUT2D eigenvalue weighted by Crippen LogP contribution is -2.40. The van der Waals surface area contributed by atoms with E-state index in [0.29, 0.717) is 11.3 Å². The summed E-state index contributed by atoms with van der Waals surface area (Å²) in [5.74, 6) is -2.56. The van der Waals surface area contributed by atoms with Gasteiger partial charge in [0.05, 0.1) is 21.3 Å². The minimum Gasteiger partial charge on any atom is -0.298 e. The molecule has 0 saturated heterocycles. The molecule has 7 nitrogen and oxygen atoms in total. The van der Waals surface area contributed by atoms with Gasteiger partial charge in [-0.25, -0.2) is 0 Å². The van der Waals surface area contributed by atoms with Crippen LogP contribution in [0, 0.1) is 10.1 Å². The van der Waals surface area contributed by atoms with Gasteiger partial charge < -0.3 is 0 Å². The third-order valence-electron chi connectivity index (χ3n) is 3.64. The van der Waals surface area contributed by atoms with Gasteiger partial charge in [-0.05, 0) is 24.2 Å². The van der Waals surface area contributed by atoms with Crippen molar-refractivity contribution in [1.29, 1.82) is 0 Å². The van der Waals surface area contributed by atoms with E-state index in [1.54, 1.807) is 6.92 Å². The van der Waals surface area contributed by atoms with E-state index in [0.717, 1.165) is 18.2 Å². The summed E-state index contributed by atoms with van der Waals surface area (Å²) in [5.41, 5.74) is -5.54. The van der Waals surface area contributed by atoms with Gasteiger partial charge >= 0.3 is 5.51 Å². The number of nitrogens with zero attached hydrogens (tertiary/aromatic N) is 2. The minimum absolute atomic E-state index is 0.123. The SMILES string of the molecule is CCCC(=O)C(CN1C(=O)c2ccc([N+](=O)[O-])cc2C1=O)SC(F)(F)F. The van der Waals surface area contributed by atoms with Crippen molar-refractivity contribution in [3.05, 3.63) is 39.4 Å². The molecule has 0 bridgehead atoms. The number of carbonyl (C=O) groups is 3. The molecular formula is C15H13F3N2O5S. The van der Waals surface area contributed by atoms with E-state index in [1.165, 1.54) is 0 Å². The van der Waals surface area contributed by atoms with Crippen LogP contribution in [-0.4, -0.2) is 44.7 Å². The van der Waals surface area contributed by atoms with E-state index in [9.17, 15) is 37.7 Å². The average molecular weight is 390 g/mol. The van der Waals surface area contributed by atoms with E-state index >= 15 is 0 Å². The number of halogens is 3. The molecule has 140 valence electrons. The van der Waals surface area contributed by atoms with E-state index < -0.39 is 57.3 Å². The Kier molecular flexibility index (Phi) is 5.69. The third-order valence-corrected chi connectivity index (χ3v) is 4.61. The lowest BCUT2D eigenvalue weighted by molar-refractivity contribution is -0.384. The molecule has 0 saturated carbocycles. The zero-order chi connectivity index (χ0) is 19.6. The van der Waals surface area contributed by atoms with Gasteiger partial charge in [-0.2, -0.15) is 13.2 Å². The monoisotopic (exact) mass is 390 g/mol. The standard InChI is InChI=1S/C15H13F3N2O5S/c1-2-3-11(21)12(26-15(16,17)18)7-19-13(22)9-5-4-8(20(24)25)6-10(9)14(19)23/h4-6,12H,2-3,7H2,1H3. The highest BCUT2D eigenvalue weighted by Gasteiger charge is 2.42. The number of alkyl halides is 3. The first kappa shape index (κ1) is 19.9. The van der Waals surface area contributed by atoms with Gasteiger partial charge in [0.1, 0.15) is 5.78 Å². The predicted molar refractivity (Wildman–Crippen MR) is 85.8 cm³/mol. The lowest BCUT2D eigenvalue weighted by Gasteiger charge is -2.22. The second-order valence-electron chi connectivity index (χ2n) is 5.48. The van der Waals surface area contributed by atoms with Crippen molar-refractivity contribution in [2.75, 3.05) is 6.54 Å². The molecule has 0 fully saturated rings. The molecule has 1 heterocycles. The maximum atomic E-state index is 12.7. The maximum Gasteiger partial charge on any atom is 0.442 e. The Morgan fingerprint density at radius 1 is 1.27 bits per heavy atom. The Morgan fingerprint density at radius 2 is 1.88 bits per heavy atom. The quantitative estimate of drug-likeness (QED) is 0.403. The molecule has 0 N–H and O–H groups in total. The fourth-order valence-corrected chi connectivity index (χ4v) is 3.29. The number of hydrogen-bond acceptors (Lipinski definition) is 6. The number of non-ortho nitro benzene ring substituents is 1. The normalized spacial score (nSPS) is 15.2. The highest BCUT2D eigenvalue weighted by Crippen LogP contribution is 2.36. The molecule has 26 heavy (non-hydrogen) atoms. The van der Waals surface area contributed by atoms with Crippen LogP contribution in [0.2, 0.25) is 0 Å². The maximum absolute atomic E-state index is 12.7. The van der Waals surface area contributed by atoms with E-state index in [1.807, 2.05) is 0 Å². The molecule has 1 unspecified atom stereocenters. The molecular weight excluding hydrogens is 377 g/mol. The van der Waals surface area contributed by atoms with E-state index in [4.69, 9.17) is 0 Å². The number of rotatable bonds is 7. The zero-order valence-corrected chi connectivity index (χ0v) is 14.2. The average Bonchev–Trinajstić information content (AvgIpc) is 2.77. The number of thioether (sulfide) groups is 1. The minimum atomic E-state index is -4.72. The van der Waals surface area contributed by atoms with Gasteiger partial charge in [-0.1, -0.05) is 6.92 Å². The summed E-state index contributed by atoms with van der Waals surface area (Å²) in [5, 5.41) is 9.14. The zero-order valence-electron chi connectivity index (χ0n) is 13.4. The predicted octanol–water partition coefficient (Wildman–Crippen LogP) is 3.18. The van der Waals surface area contributed by atoms with Crippen molar-refractivity contribution in [3.8, 4) is 0 Å². The second-order valence-corrected chi connectivity index (χ2v) is 6.74. The molecule has 11 heteroatoms. The van der Waals surface area contributed by atoms with Crippen LogP contribution in [0.4, 0.5) is 18.9 Å². The van der Waals surface area contributed by atoms with Crippen LogP contribution in [0.5, 0.6) is 0 Å². The van der Waals surface area contributed by atoms with Crippen LogP contribution in [-0.2, 0) is 4.79 Å². The summed E-state index contributed by atoms with van der Waals surface area (Å²) in [6.07, 6.45) is 0.199. The van der Waals surface area contributed by atoms with Gasteiger partial charge in [0.2, 0.25) is 0 Å². The summed E-state index contributed by atoms with van der Waals surface area (Å²) in [6, 6.07) is 3.00. The Hall–Kier alpha value is -2.43. The molecule has 1 aliphatic rings. The highest BCUT2D eigenvalue weighted by molar-refractivity contribution is 8.01. The first-order chi connectivity index (χ1) is 12.0. The largest absolute Gasteiger partial charge is 0.442 e. The fraction of sp³-hybridized carbons (Fsp3) is 0.400. The Labute approximate surface area is 149 Å². The molecule has 0 spiro atoms. The summed E-state index contributed by atoms with van der Waals surface area (Å²) >= 11 is -0.576. The van der Waals surface area contributed by atoms with Crippen LogP contribution in [0.25, 0.3) is 0 Å². The van der Waals surface area contributed by atoms with Gasteiger partial charge in [0.15, 0.2) is 0 Å². The van der Waals surface area contributed by atoms with Gasteiger partial charge in [-0.3, -0.25) is 29.4 Å². The number of Topliss-reactive ketones (excluding diaryl/α,β-unsaturated/α-hetero) is 1. The molecule has 1 aromatic rings. The number of hydrogen-bond donors (Lipinski definition) is 0. The smallest absolute Gasteiger partial charge is 0.298 e. The first-order valence-corrected chi connectivity index (χ1v) is 8.35. The summed E-state index contributed by atoms with van der Waals surface area (Å²) in [6.45, 7) is 0.873. The number of benzene rings is 1. The number of carbonyl (C=O) groups excluding carboxylic acids is 3. The van der Waals surface area contributed by atoms with Gasteiger partial charge in [-0.15, -0.1) is 0 Å². The van der Waals surface area contributed by atoms with Crippen LogP contribution in [0.3, 0.4) is 0 Å². The van der Waals surface area contributed by atoms with E-state index in [-0.39, 0.29) is 17.5 Å². The Morgan fingerprint density at radius 3 is 2.42 bits per heavy atom. The van der Waals surface area contributed by atoms with Crippen LogP contribution in [0.15, 0.2) is 18.2 Å². The number of imide groups is 1. The Balaban J connectivity index is 2.29. The number of ketones is 1. The molecule has 0 aliphatic carbocycles. The van der Waals surface area contributed by atoms with Crippen molar-refractivity contribution >= 4 is 35.0 Å². The second kappa shape index (κ2) is 7.44. The number of amides is 2. The Bertz CT molecular complexity index is 781. The number of fused-ring (bicyclic) bond motifs is 1. The first-order valence-electron chi connectivity index (χ1n) is 7.47. The molecule has 0 radical (unpaired) electrons. The van der Waals surface area contributed by atoms with E-state index in [2.05, 4.69) is 0 Å². The van der Waals surface area contributed by atoms with Crippen LogP contribution >= 0.6 is 11.8 Å². The lowest BCUT2D eigenvalue weighted by atomic mass is 10.1. The molecule has 2 rings (SSSR count). The van der Waals surface area contributed by atoms with Crippen molar-refractivity contribution in [2.24, 2.45) is 0 Å². The molecule has 1 atom stereocenters. The number of nitro benzene ring substituents is 1. The highest BCUT2D eigenvalue weighted by atomic mass is 32.2. The fourth-order valence-electron chi connectivity index (χ4n) is 2.50. The van der Waals surface area contributed by atoms with Crippen molar-refractivity contribution in [2.45, 2.75) is 30.5 Å². The van der Waals surface area contributed by atoms with Crippen LogP contribution < -0.4 is 0 Å². The molecule has 2 amide bonds. The molecule has 0 aromatic heterocycles. The van der Waals surface area contributed by atoms with Crippen molar-refractivity contribution < 1.29 is 32.5 Å². The van der Waals surface area contributed by atoms with Gasteiger partial charge in [0.25, 0.3) is 17.5 Å². The topological polar surface area (TPSA) is 97.6 Å². The number of nitro groups is 1. The van der Waals surface area contributed by atoms with Crippen molar-refractivity contribution in [1.82, 2.24) is 4.90 Å². The summed E-state index contributed by atoms with van der Waals surface area (Å²) in [7, 11) is 0.